The van der Waals surface area contributed by atoms with Gasteiger partial charge in [0.05, 0.1) is 0 Å². The van der Waals surface area contributed by atoms with Crippen LogP contribution in [0.4, 0.5) is 0 Å². The number of rotatable bonds is 2. The molecule has 1 aliphatic heterocycles. The predicted octanol–water partition coefficient (Wildman–Crippen LogP) is 1.82. The minimum atomic E-state index is 0.273. The Hall–Kier alpha value is -0.860. The number of hydrogen-bond acceptors (Lipinski definition) is 2. The van der Waals surface area contributed by atoms with Crippen molar-refractivity contribution in [1.82, 2.24) is 5.32 Å². The zero-order valence-electron chi connectivity index (χ0n) is 9.53. The molecule has 0 radical (unpaired) electrons. The SMILES string of the molecule is CC(C)c1ccc([C@H]2CNC[C@H]2N)cc1. The van der Waals surface area contributed by atoms with E-state index in [-0.39, 0.29) is 6.04 Å². The standard InChI is InChI=1S/C13H20N2/c1-9(2)10-3-5-11(6-4-10)12-7-15-8-13(12)14/h3-6,9,12-13,15H,7-8,14H2,1-2H3/t12-,13-/m1/s1. The average molecular weight is 204 g/mol. The lowest BCUT2D eigenvalue weighted by molar-refractivity contribution is 0.653. The molecular formula is C13H20N2. The Morgan fingerprint density at radius 3 is 2.33 bits per heavy atom. The molecule has 0 aliphatic carbocycles. The molecule has 0 amide bonds. The summed E-state index contributed by atoms with van der Waals surface area (Å²) in [5.41, 5.74) is 8.82. The molecule has 3 N–H and O–H groups in total. The third-order valence-electron chi connectivity index (χ3n) is 3.29. The van der Waals surface area contributed by atoms with Gasteiger partial charge in [0.1, 0.15) is 0 Å². The van der Waals surface area contributed by atoms with Crippen LogP contribution in [0, 0.1) is 0 Å². The van der Waals surface area contributed by atoms with Crippen molar-refractivity contribution in [2.45, 2.75) is 31.7 Å². The molecule has 0 saturated carbocycles. The van der Waals surface area contributed by atoms with Gasteiger partial charge in [0, 0.05) is 25.0 Å². The third kappa shape index (κ3) is 2.21. The van der Waals surface area contributed by atoms with Gasteiger partial charge in [-0.1, -0.05) is 38.1 Å². The molecule has 2 nitrogen and oxygen atoms in total. The van der Waals surface area contributed by atoms with Gasteiger partial charge >= 0.3 is 0 Å². The van der Waals surface area contributed by atoms with E-state index in [2.05, 4.69) is 43.4 Å². The minimum absolute atomic E-state index is 0.273. The van der Waals surface area contributed by atoms with Crippen LogP contribution in [-0.2, 0) is 0 Å². The van der Waals surface area contributed by atoms with Crippen molar-refractivity contribution in [3.63, 3.8) is 0 Å². The van der Waals surface area contributed by atoms with Gasteiger partial charge in [-0.2, -0.15) is 0 Å². The average Bonchev–Trinajstić information content (AvgIpc) is 2.65. The lowest BCUT2D eigenvalue weighted by Gasteiger charge is -2.15. The van der Waals surface area contributed by atoms with Gasteiger partial charge in [0.25, 0.3) is 0 Å². The molecule has 1 aromatic carbocycles. The Morgan fingerprint density at radius 2 is 1.87 bits per heavy atom. The quantitative estimate of drug-likeness (QED) is 0.771. The lowest BCUT2D eigenvalue weighted by atomic mass is 9.92. The zero-order chi connectivity index (χ0) is 10.8. The summed E-state index contributed by atoms with van der Waals surface area (Å²) < 4.78 is 0. The molecule has 82 valence electrons. The van der Waals surface area contributed by atoms with E-state index in [0.717, 1.165) is 13.1 Å². The Labute approximate surface area is 91.9 Å². The van der Waals surface area contributed by atoms with Crippen molar-refractivity contribution in [2.75, 3.05) is 13.1 Å². The van der Waals surface area contributed by atoms with E-state index in [0.29, 0.717) is 11.8 Å². The fourth-order valence-corrected chi connectivity index (χ4v) is 2.19. The molecule has 1 fully saturated rings. The van der Waals surface area contributed by atoms with Crippen molar-refractivity contribution in [1.29, 1.82) is 0 Å². The normalized spacial score (nSPS) is 26.1. The molecule has 1 saturated heterocycles. The molecule has 1 heterocycles. The first kappa shape index (κ1) is 10.7. The molecule has 0 bridgehead atoms. The second kappa shape index (κ2) is 4.33. The fraction of sp³-hybridized carbons (Fsp3) is 0.538. The van der Waals surface area contributed by atoms with E-state index >= 15 is 0 Å². The molecule has 2 atom stereocenters. The number of benzene rings is 1. The zero-order valence-corrected chi connectivity index (χ0v) is 9.53. The van der Waals surface area contributed by atoms with Gasteiger partial charge in [0.15, 0.2) is 0 Å². The molecule has 15 heavy (non-hydrogen) atoms. The first-order valence-corrected chi connectivity index (χ1v) is 5.74. The summed E-state index contributed by atoms with van der Waals surface area (Å²) in [4.78, 5) is 0. The van der Waals surface area contributed by atoms with Gasteiger partial charge in [-0.25, -0.2) is 0 Å². The van der Waals surface area contributed by atoms with Crippen LogP contribution in [0.1, 0.15) is 36.8 Å². The summed E-state index contributed by atoms with van der Waals surface area (Å²) in [6.07, 6.45) is 0. The van der Waals surface area contributed by atoms with E-state index in [4.69, 9.17) is 5.73 Å². The van der Waals surface area contributed by atoms with Gasteiger partial charge in [-0.3, -0.25) is 0 Å². The Kier molecular flexibility index (Phi) is 3.08. The maximum Gasteiger partial charge on any atom is 0.0247 e. The van der Waals surface area contributed by atoms with Crippen LogP contribution in [-0.4, -0.2) is 19.1 Å². The predicted molar refractivity (Wildman–Crippen MR) is 64.1 cm³/mol. The van der Waals surface area contributed by atoms with Crippen molar-refractivity contribution in [3.8, 4) is 0 Å². The highest BCUT2D eigenvalue weighted by molar-refractivity contribution is 5.29. The smallest absolute Gasteiger partial charge is 0.0247 e. The van der Waals surface area contributed by atoms with E-state index in [1.54, 1.807) is 0 Å². The first-order valence-electron chi connectivity index (χ1n) is 5.74. The molecule has 1 aliphatic rings. The van der Waals surface area contributed by atoms with Crippen molar-refractivity contribution < 1.29 is 0 Å². The van der Waals surface area contributed by atoms with Crippen LogP contribution in [0.15, 0.2) is 24.3 Å². The van der Waals surface area contributed by atoms with Crippen molar-refractivity contribution >= 4 is 0 Å². The monoisotopic (exact) mass is 204 g/mol. The molecule has 2 rings (SSSR count). The number of hydrogen-bond donors (Lipinski definition) is 2. The van der Waals surface area contributed by atoms with Gasteiger partial charge in [-0.15, -0.1) is 0 Å². The summed E-state index contributed by atoms with van der Waals surface area (Å²) in [5, 5.41) is 3.33. The maximum absolute atomic E-state index is 6.05. The molecule has 0 spiro atoms. The van der Waals surface area contributed by atoms with Crippen LogP contribution in [0.25, 0.3) is 0 Å². The van der Waals surface area contributed by atoms with E-state index in [1.807, 2.05) is 0 Å². The van der Waals surface area contributed by atoms with Gasteiger partial charge < -0.3 is 11.1 Å². The van der Waals surface area contributed by atoms with E-state index in [9.17, 15) is 0 Å². The summed E-state index contributed by atoms with van der Waals surface area (Å²) in [7, 11) is 0. The fourth-order valence-electron chi connectivity index (χ4n) is 2.19. The second-order valence-electron chi connectivity index (χ2n) is 4.75. The Balaban J connectivity index is 2.16. The summed E-state index contributed by atoms with van der Waals surface area (Å²) in [5.74, 6) is 1.10. The molecule has 0 aromatic heterocycles. The van der Waals surface area contributed by atoms with Crippen LogP contribution < -0.4 is 11.1 Å². The van der Waals surface area contributed by atoms with Gasteiger partial charge in [0.2, 0.25) is 0 Å². The highest BCUT2D eigenvalue weighted by atomic mass is 15.0. The maximum atomic E-state index is 6.05. The largest absolute Gasteiger partial charge is 0.326 e. The topological polar surface area (TPSA) is 38.0 Å². The Morgan fingerprint density at radius 1 is 1.20 bits per heavy atom. The highest BCUT2D eigenvalue weighted by Gasteiger charge is 2.24. The van der Waals surface area contributed by atoms with Crippen LogP contribution in [0.2, 0.25) is 0 Å². The molecule has 0 unspecified atom stereocenters. The molecule has 1 aromatic rings. The van der Waals surface area contributed by atoms with Gasteiger partial charge in [-0.05, 0) is 17.0 Å². The molecular weight excluding hydrogens is 184 g/mol. The highest BCUT2D eigenvalue weighted by Crippen LogP contribution is 2.23. The van der Waals surface area contributed by atoms with E-state index in [1.165, 1.54) is 11.1 Å². The number of nitrogens with two attached hydrogens (primary N) is 1. The van der Waals surface area contributed by atoms with Crippen LogP contribution in [0.3, 0.4) is 0 Å². The summed E-state index contributed by atoms with van der Waals surface area (Å²) in [6.45, 7) is 6.40. The second-order valence-corrected chi connectivity index (χ2v) is 4.75. The van der Waals surface area contributed by atoms with Crippen LogP contribution >= 0.6 is 0 Å². The minimum Gasteiger partial charge on any atom is -0.326 e. The third-order valence-corrected chi connectivity index (χ3v) is 3.29. The van der Waals surface area contributed by atoms with Crippen LogP contribution in [0.5, 0.6) is 0 Å². The summed E-state index contributed by atoms with van der Waals surface area (Å²) >= 11 is 0. The summed E-state index contributed by atoms with van der Waals surface area (Å²) in [6, 6.07) is 9.19. The van der Waals surface area contributed by atoms with Crippen molar-refractivity contribution in [3.05, 3.63) is 35.4 Å². The van der Waals surface area contributed by atoms with Crippen molar-refractivity contribution in [2.24, 2.45) is 5.73 Å². The van der Waals surface area contributed by atoms with E-state index < -0.39 is 0 Å². The Bertz CT molecular complexity index is 316. The molecule has 2 heteroatoms. The number of nitrogens with one attached hydrogen (secondary N) is 1. The first-order chi connectivity index (χ1) is 7.18. The lowest BCUT2D eigenvalue weighted by Crippen LogP contribution is -2.27.